The highest BCUT2D eigenvalue weighted by Crippen LogP contribution is 2.25. The van der Waals surface area contributed by atoms with Crippen LogP contribution in [0.1, 0.15) is 24.8 Å². The molecule has 2 aromatic carbocycles. The second-order valence-corrected chi connectivity index (χ2v) is 9.36. The molecule has 4 rings (SSSR count). The average molecular weight is 533 g/mol. The van der Waals surface area contributed by atoms with Crippen LogP contribution < -0.4 is 10.9 Å². The van der Waals surface area contributed by atoms with Crippen LogP contribution in [0.4, 0.5) is 0 Å². The van der Waals surface area contributed by atoms with Crippen LogP contribution in [0.25, 0.3) is 10.9 Å². The van der Waals surface area contributed by atoms with Crippen molar-refractivity contribution in [3.8, 4) is 0 Å². The van der Waals surface area contributed by atoms with E-state index in [1.54, 1.807) is 12.1 Å². The highest BCUT2D eigenvalue weighted by Gasteiger charge is 2.30. The zero-order valence-electron chi connectivity index (χ0n) is 17.8. The van der Waals surface area contributed by atoms with Crippen LogP contribution >= 0.6 is 27.5 Å². The van der Waals surface area contributed by atoms with Gasteiger partial charge in [-0.25, -0.2) is 4.98 Å². The molecular formula is C24H23BrClN3O4. The second-order valence-electron chi connectivity index (χ2n) is 8.10. The van der Waals surface area contributed by atoms with E-state index in [2.05, 4.69) is 26.2 Å². The number of fused-ring (bicyclic) bond motifs is 1. The standard InChI is InChI=1S/C24H23BrClN3O4/c25-18-12-20-17(11-19(18)26)24(32)29(14-28-20)13-16(30)10-21-22(7-4-8-27-21)33-23(31)9-15-5-2-1-3-6-15/h1-3,5-6,11-12,14,21-22,27H,4,7-10,13H2/t21-,22+/m0/s1. The van der Waals surface area contributed by atoms with E-state index in [1.807, 2.05) is 30.3 Å². The number of Topliss-reactive ketones (excluding diaryl/α,β-unsaturated/α-hetero) is 1. The van der Waals surface area contributed by atoms with Crippen molar-refractivity contribution >= 4 is 50.2 Å². The minimum atomic E-state index is -0.387. The second kappa shape index (κ2) is 10.6. The van der Waals surface area contributed by atoms with Crippen molar-refractivity contribution in [3.05, 3.63) is 74.2 Å². The Morgan fingerprint density at radius 2 is 2.03 bits per heavy atom. The minimum Gasteiger partial charge on any atom is -0.460 e. The van der Waals surface area contributed by atoms with Crippen molar-refractivity contribution in [2.45, 2.75) is 44.4 Å². The summed E-state index contributed by atoms with van der Waals surface area (Å²) in [5.41, 5.74) is 1.05. The molecule has 1 N–H and O–H groups in total. The molecule has 1 fully saturated rings. The number of aromatic nitrogens is 2. The molecule has 0 radical (unpaired) electrons. The Bertz CT molecular complexity index is 1230. The van der Waals surface area contributed by atoms with E-state index in [0.29, 0.717) is 26.8 Å². The van der Waals surface area contributed by atoms with E-state index in [4.69, 9.17) is 16.3 Å². The Morgan fingerprint density at radius 3 is 2.82 bits per heavy atom. The fourth-order valence-electron chi connectivity index (χ4n) is 4.01. The number of nitrogens with one attached hydrogen (secondary N) is 1. The summed E-state index contributed by atoms with van der Waals surface area (Å²) in [6.07, 6.45) is 2.87. The van der Waals surface area contributed by atoms with Crippen LogP contribution in [0, 0.1) is 0 Å². The van der Waals surface area contributed by atoms with Gasteiger partial charge in [-0.2, -0.15) is 0 Å². The van der Waals surface area contributed by atoms with Crippen LogP contribution in [0.3, 0.4) is 0 Å². The Morgan fingerprint density at radius 1 is 1.24 bits per heavy atom. The molecule has 1 aliphatic heterocycles. The van der Waals surface area contributed by atoms with E-state index >= 15 is 0 Å². The maximum Gasteiger partial charge on any atom is 0.310 e. The monoisotopic (exact) mass is 531 g/mol. The lowest BCUT2D eigenvalue weighted by Gasteiger charge is -2.32. The smallest absolute Gasteiger partial charge is 0.310 e. The van der Waals surface area contributed by atoms with Gasteiger partial charge < -0.3 is 10.1 Å². The van der Waals surface area contributed by atoms with E-state index in [9.17, 15) is 14.4 Å². The normalized spacial score (nSPS) is 18.2. The van der Waals surface area contributed by atoms with Crippen molar-refractivity contribution in [1.29, 1.82) is 0 Å². The topological polar surface area (TPSA) is 90.3 Å². The van der Waals surface area contributed by atoms with Gasteiger partial charge in [-0.1, -0.05) is 41.9 Å². The van der Waals surface area contributed by atoms with E-state index in [0.717, 1.165) is 18.5 Å². The minimum absolute atomic E-state index is 0.113. The maximum atomic E-state index is 12.8. The maximum absolute atomic E-state index is 12.8. The lowest BCUT2D eigenvalue weighted by atomic mass is 9.96. The molecule has 3 aromatic rings. The summed E-state index contributed by atoms with van der Waals surface area (Å²) in [5, 5.41) is 4.04. The zero-order chi connectivity index (χ0) is 23.4. The van der Waals surface area contributed by atoms with Gasteiger partial charge in [-0.3, -0.25) is 19.0 Å². The number of rotatable bonds is 7. The Balaban J connectivity index is 1.41. The molecule has 2 atom stereocenters. The lowest BCUT2D eigenvalue weighted by molar-refractivity contribution is -0.151. The summed E-state index contributed by atoms with van der Waals surface area (Å²) < 4.78 is 7.64. The molecule has 0 bridgehead atoms. The predicted molar refractivity (Wildman–Crippen MR) is 129 cm³/mol. The molecule has 0 saturated carbocycles. The Kier molecular flexibility index (Phi) is 7.57. The average Bonchev–Trinajstić information content (AvgIpc) is 2.79. The zero-order valence-corrected chi connectivity index (χ0v) is 20.1. The van der Waals surface area contributed by atoms with Crippen molar-refractivity contribution in [3.63, 3.8) is 0 Å². The molecule has 0 unspecified atom stereocenters. The summed E-state index contributed by atoms with van der Waals surface area (Å²) in [6.45, 7) is 0.633. The van der Waals surface area contributed by atoms with Crippen LogP contribution in [-0.2, 0) is 27.3 Å². The van der Waals surface area contributed by atoms with Crippen molar-refractivity contribution in [2.24, 2.45) is 0 Å². The molecule has 7 nitrogen and oxygen atoms in total. The molecule has 1 saturated heterocycles. The number of esters is 1. The molecule has 0 amide bonds. The van der Waals surface area contributed by atoms with E-state index in [1.165, 1.54) is 10.9 Å². The van der Waals surface area contributed by atoms with Gasteiger partial charge in [0.1, 0.15) is 6.10 Å². The largest absolute Gasteiger partial charge is 0.460 e. The van der Waals surface area contributed by atoms with Gasteiger partial charge in [-0.15, -0.1) is 0 Å². The summed E-state index contributed by atoms with van der Waals surface area (Å²) in [6, 6.07) is 12.3. The van der Waals surface area contributed by atoms with Gasteiger partial charge in [0, 0.05) is 10.9 Å². The predicted octanol–water partition coefficient (Wildman–Crippen LogP) is 3.68. The summed E-state index contributed by atoms with van der Waals surface area (Å²) >= 11 is 9.43. The number of carbonyl (C=O) groups is 2. The molecule has 9 heteroatoms. The first kappa shape index (κ1) is 23.6. The molecule has 2 heterocycles. The number of piperidine rings is 1. The lowest BCUT2D eigenvalue weighted by Crippen LogP contribution is -2.48. The molecule has 1 aromatic heterocycles. The summed E-state index contributed by atoms with van der Waals surface area (Å²) in [7, 11) is 0. The quantitative estimate of drug-likeness (QED) is 0.467. The third-order valence-electron chi connectivity index (χ3n) is 5.66. The van der Waals surface area contributed by atoms with Gasteiger partial charge in [0.2, 0.25) is 0 Å². The number of nitrogens with zero attached hydrogens (tertiary/aromatic N) is 2. The van der Waals surface area contributed by atoms with Crippen molar-refractivity contribution in [2.75, 3.05) is 6.54 Å². The van der Waals surface area contributed by atoms with Crippen LogP contribution in [0.5, 0.6) is 0 Å². The molecule has 172 valence electrons. The fraction of sp³-hybridized carbons (Fsp3) is 0.333. The molecular weight excluding hydrogens is 510 g/mol. The number of halogens is 2. The van der Waals surface area contributed by atoms with Crippen molar-refractivity contribution < 1.29 is 14.3 Å². The Hall–Kier alpha value is -2.55. The van der Waals surface area contributed by atoms with E-state index < -0.39 is 0 Å². The van der Waals surface area contributed by atoms with Gasteiger partial charge in [0.15, 0.2) is 5.78 Å². The molecule has 1 aliphatic rings. The summed E-state index contributed by atoms with van der Waals surface area (Å²) in [5.74, 6) is -0.463. The van der Waals surface area contributed by atoms with Crippen molar-refractivity contribution in [1.82, 2.24) is 14.9 Å². The highest BCUT2D eigenvalue weighted by molar-refractivity contribution is 9.10. The number of ether oxygens (including phenoxy) is 1. The number of benzene rings is 2. The van der Waals surface area contributed by atoms with Crippen LogP contribution in [-0.4, -0.2) is 40.0 Å². The van der Waals surface area contributed by atoms with Gasteiger partial charge in [0.05, 0.1) is 41.3 Å². The van der Waals surface area contributed by atoms with Gasteiger partial charge in [0.25, 0.3) is 5.56 Å². The molecule has 0 aliphatic carbocycles. The van der Waals surface area contributed by atoms with Crippen LogP contribution in [0.15, 0.2) is 58.1 Å². The first-order valence-electron chi connectivity index (χ1n) is 10.7. The molecule has 33 heavy (non-hydrogen) atoms. The van der Waals surface area contributed by atoms with Crippen LogP contribution in [0.2, 0.25) is 5.02 Å². The van der Waals surface area contributed by atoms with Gasteiger partial charge in [-0.05, 0) is 53.0 Å². The first-order chi connectivity index (χ1) is 15.9. The number of hydrogen-bond donors (Lipinski definition) is 1. The third-order valence-corrected chi connectivity index (χ3v) is 6.85. The SMILES string of the molecule is O=C(C[C@@H]1NCCC[C@H]1OC(=O)Cc1ccccc1)Cn1cnc2cc(Br)c(Cl)cc2c1=O. The van der Waals surface area contributed by atoms with Gasteiger partial charge >= 0.3 is 5.97 Å². The third kappa shape index (κ3) is 5.88. The molecule has 0 spiro atoms. The first-order valence-corrected chi connectivity index (χ1v) is 11.9. The Labute approximate surface area is 204 Å². The number of carbonyl (C=O) groups excluding carboxylic acids is 2. The number of hydrogen-bond acceptors (Lipinski definition) is 6. The number of ketones is 1. The fourth-order valence-corrected chi connectivity index (χ4v) is 4.50. The highest BCUT2D eigenvalue weighted by atomic mass is 79.9. The van der Waals surface area contributed by atoms with E-state index in [-0.39, 0.29) is 48.8 Å². The summed E-state index contributed by atoms with van der Waals surface area (Å²) in [4.78, 5) is 42.3.